The zero-order valence-electron chi connectivity index (χ0n) is 8.98. The highest BCUT2D eigenvalue weighted by atomic mass is 32.2. The van der Waals surface area contributed by atoms with Crippen LogP contribution in [0.3, 0.4) is 0 Å². The van der Waals surface area contributed by atoms with Crippen LogP contribution in [-0.2, 0) is 21.0 Å². The van der Waals surface area contributed by atoms with Crippen molar-refractivity contribution in [2.24, 2.45) is 0 Å². The molecule has 0 aliphatic carbocycles. The van der Waals surface area contributed by atoms with E-state index in [0.29, 0.717) is 0 Å². The molecule has 0 aliphatic rings. The lowest BCUT2D eigenvalue weighted by molar-refractivity contribution is -0.0500. The first-order valence-electron chi connectivity index (χ1n) is 4.32. The molecule has 1 rings (SSSR count). The van der Waals surface area contributed by atoms with Crippen LogP contribution in [0.25, 0.3) is 0 Å². The minimum atomic E-state index is -5.58. The zero-order chi connectivity index (χ0) is 13.3. The fourth-order valence-corrected chi connectivity index (χ4v) is 2.08. The Hall–Kier alpha value is -0.890. The Kier molecular flexibility index (Phi) is 3.98. The molecule has 0 aromatic heterocycles. The van der Waals surface area contributed by atoms with Crippen LogP contribution in [0.4, 0.5) is 13.2 Å². The smallest absolute Gasteiger partial charge is 0.376 e. The second-order valence-corrected chi connectivity index (χ2v) is 6.91. The van der Waals surface area contributed by atoms with Crippen LogP contribution >= 0.6 is 0 Å². The summed E-state index contributed by atoms with van der Waals surface area (Å²) in [5.41, 5.74) is -5.41. The van der Waals surface area contributed by atoms with Crippen molar-refractivity contribution in [1.29, 1.82) is 0 Å². The summed E-state index contributed by atoms with van der Waals surface area (Å²) in [6.07, 6.45) is 3.87. The second-order valence-electron chi connectivity index (χ2n) is 3.27. The molecule has 0 saturated heterocycles. The van der Waals surface area contributed by atoms with Crippen LogP contribution in [0.1, 0.15) is 0 Å². The number of alkyl halides is 3. The maximum absolute atomic E-state index is 12.0. The molecule has 17 heavy (non-hydrogen) atoms. The van der Waals surface area contributed by atoms with Crippen molar-refractivity contribution in [1.82, 2.24) is 0 Å². The van der Waals surface area contributed by atoms with Gasteiger partial charge in [-0.15, -0.1) is 0 Å². The van der Waals surface area contributed by atoms with E-state index in [4.69, 9.17) is 0 Å². The summed E-state index contributed by atoms with van der Waals surface area (Å²) in [5.74, 6) is -0.350. The molecule has 0 spiro atoms. The van der Waals surface area contributed by atoms with Crippen LogP contribution in [0.15, 0.2) is 29.2 Å². The lowest BCUT2D eigenvalue weighted by Gasteiger charge is -2.09. The van der Waals surface area contributed by atoms with E-state index < -0.39 is 15.6 Å². The third-order valence-corrected chi connectivity index (χ3v) is 3.98. The molecule has 0 saturated carbocycles. The molecule has 96 valence electrons. The van der Waals surface area contributed by atoms with Gasteiger partial charge < -0.3 is 4.18 Å². The average molecular weight is 287 g/mol. The summed E-state index contributed by atoms with van der Waals surface area (Å²) in [4.78, 5) is 0.904. The number of rotatable bonds is 3. The monoisotopic (exact) mass is 287 g/mol. The van der Waals surface area contributed by atoms with Gasteiger partial charge in [0, 0.05) is 10.9 Å². The van der Waals surface area contributed by atoms with Crippen LogP contribution in [-0.4, -0.2) is 26.4 Å². The third kappa shape index (κ3) is 3.53. The highest BCUT2D eigenvalue weighted by Gasteiger charge is 2.48. The van der Waals surface area contributed by atoms with E-state index in [1.54, 1.807) is 0 Å². The van der Waals surface area contributed by atoms with E-state index in [2.05, 4.69) is 4.18 Å². The summed E-state index contributed by atoms with van der Waals surface area (Å²) in [5, 5.41) is 0. The van der Waals surface area contributed by atoms with Crippen molar-refractivity contribution in [2.45, 2.75) is 10.4 Å². The molecular weight excluding hydrogens is 277 g/mol. The van der Waals surface area contributed by atoms with Gasteiger partial charge in [0.05, 0.1) is 0 Å². The van der Waals surface area contributed by atoms with Gasteiger partial charge in [0.25, 0.3) is 0 Å². The summed E-state index contributed by atoms with van der Waals surface area (Å²) in [6.45, 7) is 0. The van der Waals surface area contributed by atoms with E-state index in [0.717, 1.165) is 4.90 Å². The quantitative estimate of drug-likeness (QED) is 0.486. The molecule has 1 aromatic carbocycles. The molecule has 0 atom stereocenters. The average Bonchev–Trinajstić information content (AvgIpc) is 2.16. The normalized spacial score (nSPS) is 12.8. The van der Waals surface area contributed by atoms with Gasteiger partial charge in [-0.1, -0.05) is 0 Å². The van der Waals surface area contributed by atoms with Crippen molar-refractivity contribution >= 4 is 21.0 Å². The molecule has 0 aliphatic heterocycles. The van der Waals surface area contributed by atoms with E-state index in [-0.39, 0.29) is 16.6 Å². The lowest BCUT2D eigenvalue weighted by atomic mass is 10.3. The van der Waals surface area contributed by atoms with Crippen LogP contribution in [0, 0.1) is 0 Å². The van der Waals surface area contributed by atoms with Crippen LogP contribution in [0.5, 0.6) is 5.75 Å². The standard InChI is InChI=1S/C9H10F3O3S2/c1-16(2)8-5-3-7(4-6-8)15-17(13,14)9(10,11)12/h3-6H,1-2H3/q+1. The molecule has 0 amide bonds. The minimum Gasteiger partial charge on any atom is -0.376 e. The molecule has 3 nitrogen and oxygen atoms in total. The lowest BCUT2D eigenvalue weighted by Crippen LogP contribution is -2.28. The highest BCUT2D eigenvalue weighted by molar-refractivity contribution is 7.95. The Morgan fingerprint density at radius 1 is 1.12 bits per heavy atom. The van der Waals surface area contributed by atoms with Gasteiger partial charge in [-0.3, -0.25) is 0 Å². The molecule has 8 heteroatoms. The van der Waals surface area contributed by atoms with Crippen LogP contribution < -0.4 is 4.18 Å². The first-order chi connectivity index (χ1) is 7.63. The fraction of sp³-hybridized carbons (Fsp3) is 0.333. The Morgan fingerprint density at radius 3 is 1.94 bits per heavy atom. The van der Waals surface area contributed by atoms with E-state index in [1.807, 2.05) is 12.5 Å². The summed E-state index contributed by atoms with van der Waals surface area (Å²) in [7, 11) is -5.64. The molecule has 1 aromatic rings. The third-order valence-electron chi connectivity index (χ3n) is 1.78. The number of benzene rings is 1. The topological polar surface area (TPSA) is 43.4 Å². The largest absolute Gasteiger partial charge is 0.534 e. The molecule has 0 bridgehead atoms. The predicted molar refractivity (Wildman–Crippen MR) is 59.5 cm³/mol. The minimum absolute atomic E-state index is 0.0547. The maximum atomic E-state index is 12.0. The van der Waals surface area contributed by atoms with Gasteiger partial charge >= 0.3 is 15.6 Å². The van der Waals surface area contributed by atoms with E-state index >= 15 is 0 Å². The molecule has 0 fully saturated rings. The van der Waals surface area contributed by atoms with Crippen molar-refractivity contribution in [3.05, 3.63) is 24.3 Å². The van der Waals surface area contributed by atoms with Gasteiger partial charge in [-0.05, 0) is 24.3 Å². The number of hydrogen-bond donors (Lipinski definition) is 0. The van der Waals surface area contributed by atoms with Crippen molar-refractivity contribution < 1.29 is 25.8 Å². The number of hydrogen-bond acceptors (Lipinski definition) is 3. The van der Waals surface area contributed by atoms with Gasteiger partial charge in [-0.25, -0.2) is 0 Å². The van der Waals surface area contributed by atoms with Crippen molar-refractivity contribution in [2.75, 3.05) is 12.5 Å². The predicted octanol–water partition coefficient (Wildman–Crippen LogP) is 2.15. The van der Waals surface area contributed by atoms with Crippen LogP contribution in [0.2, 0.25) is 0 Å². The molecule has 0 radical (unpaired) electrons. The zero-order valence-corrected chi connectivity index (χ0v) is 10.6. The van der Waals surface area contributed by atoms with Gasteiger partial charge in [0.15, 0.2) is 4.90 Å². The maximum Gasteiger partial charge on any atom is 0.534 e. The molecular formula is C9H10F3O3S2+. The Balaban J connectivity index is 2.91. The first-order valence-corrected chi connectivity index (χ1v) is 7.77. The van der Waals surface area contributed by atoms with E-state index in [9.17, 15) is 21.6 Å². The van der Waals surface area contributed by atoms with Gasteiger partial charge in [0.2, 0.25) is 0 Å². The van der Waals surface area contributed by atoms with Gasteiger partial charge in [-0.2, -0.15) is 21.6 Å². The van der Waals surface area contributed by atoms with Crippen molar-refractivity contribution in [3.63, 3.8) is 0 Å². The Morgan fingerprint density at radius 2 is 1.59 bits per heavy atom. The molecule has 0 heterocycles. The van der Waals surface area contributed by atoms with E-state index in [1.165, 1.54) is 24.3 Å². The Labute approximate surface area is 100 Å². The Bertz CT molecular complexity index is 477. The fourth-order valence-electron chi connectivity index (χ4n) is 0.941. The highest BCUT2D eigenvalue weighted by Crippen LogP contribution is 2.27. The SMILES string of the molecule is C[S+](C)c1ccc(OS(=O)(=O)C(F)(F)F)cc1. The summed E-state index contributed by atoms with van der Waals surface area (Å²) >= 11 is 0. The summed E-state index contributed by atoms with van der Waals surface area (Å²) in [6, 6.07) is 5.46. The number of halogens is 3. The first kappa shape index (κ1) is 14.2. The molecule has 0 N–H and O–H groups in total. The van der Waals surface area contributed by atoms with Crippen molar-refractivity contribution in [3.8, 4) is 5.75 Å². The molecule has 0 unspecified atom stereocenters. The summed E-state index contributed by atoms with van der Waals surface area (Å²) < 4.78 is 61.4. The van der Waals surface area contributed by atoms with Gasteiger partial charge in [0.1, 0.15) is 18.3 Å². The second kappa shape index (κ2) is 4.77.